The predicted octanol–water partition coefficient (Wildman–Crippen LogP) is 1.76. The second kappa shape index (κ2) is 2.60. The fraction of sp³-hybridized carbons (Fsp3) is 0.429. The average Bonchev–Trinajstić information content (AvgIpc) is 2.28. The van der Waals surface area contributed by atoms with Gasteiger partial charge in [-0.15, -0.1) is 11.3 Å². The minimum Gasteiger partial charge on any atom is -0.375 e. The fourth-order valence-corrected chi connectivity index (χ4v) is 1.96. The molecule has 1 aliphatic rings. The lowest BCUT2D eigenvalue weighted by Crippen LogP contribution is -2.16. The number of hydrogen-bond donors (Lipinski definition) is 2. The largest absolute Gasteiger partial charge is 0.375 e. The van der Waals surface area contributed by atoms with Crippen LogP contribution in [0.5, 0.6) is 0 Å². The molecule has 1 aliphatic heterocycles. The summed E-state index contributed by atoms with van der Waals surface area (Å²) in [5.41, 5.74) is 1.41. The first-order chi connectivity index (χ1) is 4.97. The van der Waals surface area contributed by atoms with E-state index in [2.05, 4.69) is 22.1 Å². The lowest BCUT2D eigenvalue weighted by molar-refractivity contribution is 0.725. The summed E-state index contributed by atoms with van der Waals surface area (Å²) >= 11 is 1.79. The third-order valence-corrected chi connectivity index (χ3v) is 2.56. The molecule has 58 valence electrons. The van der Waals surface area contributed by atoms with Gasteiger partial charge in [-0.2, -0.15) is 0 Å². The van der Waals surface area contributed by atoms with Gasteiger partial charge < -0.3 is 10.6 Å². The molecule has 1 aromatic heterocycles. The van der Waals surface area contributed by atoms with Gasteiger partial charge in [0.1, 0.15) is 0 Å². The highest BCUT2D eigenvalue weighted by Gasteiger charge is 2.05. The molecule has 0 saturated heterocycles. The van der Waals surface area contributed by atoms with Gasteiger partial charge >= 0.3 is 0 Å². The summed E-state index contributed by atoms with van der Waals surface area (Å²) in [6.07, 6.45) is 0. The Morgan fingerprint density at radius 2 is 2.50 bits per heavy atom. The zero-order valence-corrected chi connectivity index (χ0v) is 6.50. The van der Waals surface area contributed by atoms with E-state index < -0.39 is 0 Å². The van der Waals surface area contributed by atoms with Gasteiger partial charge in [0.15, 0.2) is 0 Å². The van der Waals surface area contributed by atoms with Crippen molar-refractivity contribution in [3.05, 3.63) is 17.0 Å². The number of rotatable bonds is 0. The SMILES string of the molecule is [HH].[HH].c1cc2c(s1)NCCNC2. The van der Waals surface area contributed by atoms with Gasteiger partial charge in [-0.05, 0) is 11.4 Å². The first kappa shape index (κ1) is 6.19. The third-order valence-electron chi connectivity index (χ3n) is 1.65. The first-order valence-electron chi connectivity index (χ1n) is 3.48. The molecule has 0 fully saturated rings. The van der Waals surface area contributed by atoms with Crippen molar-refractivity contribution >= 4 is 16.3 Å². The molecule has 2 nitrogen and oxygen atoms in total. The number of fused-ring (bicyclic) bond motifs is 1. The monoisotopic (exact) mass is 158 g/mol. The molecule has 0 radical (unpaired) electrons. The van der Waals surface area contributed by atoms with E-state index >= 15 is 0 Å². The predicted molar refractivity (Wildman–Crippen MR) is 48.7 cm³/mol. The molecule has 0 amide bonds. The third kappa shape index (κ3) is 1.02. The zero-order valence-electron chi connectivity index (χ0n) is 5.68. The van der Waals surface area contributed by atoms with Crippen molar-refractivity contribution in [1.82, 2.24) is 5.32 Å². The molecular weight excluding hydrogens is 144 g/mol. The topological polar surface area (TPSA) is 24.1 Å². The molecule has 2 N–H and O–H groups in total. The van der Waals surface area contributed by atoms with Gasteiger partial charge in [0.25, 0.3) is 0 Å². The Kier molecular flexibility index (Phi) is 1.61. The Balaban J connectivity index is 0.000000605. The van der Waals surface area contributed by atoms with Gasteiger partial charge in [-0.25, -0.2) is 0 Å². The lowest BCUT2D eigenvalue weighted by atomic mass is 10.3. The molecular formula is C7H14N2S. The quantitative estimate of drug-likeness (QED) is 0.601. The highest BCUT2D eigenvalue weighted by atomic mass is 32.1. The van der Waals surface area contributed by atoms with Crippen molar-refractivity contribution in [3.8, 4) is 0 Å². The summed E-state index contributed by atoms with van der Waals surface area (Å²) in [5, 5.41) is 10.2. The van der Waals surface area contributed by atoms with Gasteiger partial charge in [-0.1, -0.05) is 0 Å². The Bertz CT molecular complexity index is 206. The minimum absolute atomic E-state index is 0. The van der Waals surface area contributed by atoms with E-state index in [0.717, 1.165) is 19.6 Å². The van der Waals surface area contributed by atoms with Crippen molar-refractivity contribution in [2.24, 2.45) is 0 Å². The molecule has 10 heavy (non-hydrogen) atoms. The number of thiophene rings is 1. The van der Waals surface area contributed by atoms with Crippen LogP contribution >= 0.6 is 11.3 Å². The highest BCUT2D eigenvalue weighted by molar-refractivity contribution is 7.14. The smallest absolute Gasteiger partial charge is 0.0928 e. The summed E-state index contributed by atoms with van der Waals surface area (Å²) in [7, 11) is 0. The van der Waals surface area contributed by atoms with E-state index in [-0.39, 0.29) is 2.85 Å². The molecule has 0 atom stereocenters. The van der Waals surface area contributed by atoms with E-state index in [4.69, 9.17) is 0 Å². The second-order valence-corrected chi connectivity index (χ2v) is 3.29. The maximum Gasteiger partial charge on any atom is 0.0928 e. The number of hydrogen-bond acceptors (Lipinski definition) is 3. The summed E-state index contributed by atoms with van der Waals surface area (Å²) in [4.78, 5) is 0. The van der Waals surface area contributed by atoms with Crippen LogP contribution in [0.3, 0.4) is 0 Å². The minimum atomic E-state index is 0. The average molecular weight is 158 g/mol. The Hall–Kier alpha value is -0.540. The zero-order chi connectivity index (χ0) is 6.81. The van der Waals surface area contributed by atoms with Crippen molar-refractivity contribution < 1.29 is 2.85 Å². The second-order valence-electron chi connectivity index (χ2n) is 2.38. The molecule has 0 unspecified atom stereocenters. The maximum absolute atomic E-state index is 3.36. The maximum atomic E-state index is 3.36. The summed E-state index contributed by atoms with van der Waals surface area (Å²) in [6.45, 7) is 3.14. The molecule has 0 aromatic carbocycles. The van der Waals surface area contributed by atoms with E-state index in [1.807, 2.05) is 0 Å². The van der Waals surface area contributed by atoms with Crippen LogP contribution in [0.2, 0.25) is 0 Å². The van der Waals surface area contributed by atoms with E-state index in [9.17, 15) is 0 Å². The fourth-order valence-electron chi connectivity index (χ4n) is 1.12. The molecule has 1 aromatic rings. The van der Waals surface area contributed by atoms with Gasteiger partial charge in [0.05, 0.1) is 5.00 Å². The molecule has 0 aliphatic carbocycles. The lowest BCUT2D eigenvalue weighted by Gasteiger charge is -1.97. The number of anilines is 1. The van der Waals surface area contributed by atoms with Crippen molar-refractivity contribution in [2.45, 2.75) is 6.54 Å². The van der Waals surface area contributed by atoms with Crippen molar-refractivity contribution in [2.75, 3.05) is 18.4 Å². The molecule has 0 bridgehead atoms. The van der Waals surface area contributed by atoms with Crippen LogP contribution in [-0.4, -0.2) is 13.1 Å². The van der Waals surface area contributed by atoms with Gasteiger partial charge in [-0.3, -0.25) is 0 Å². The van der Waals surface area contributed by atoms with E-state index in [1.165, 1.54) is 10.6 Å². The number of nitrogens with one attached hydrogen (secondary N) is 2. The van der Waals surface area contributed by atoms with Crippen LogP contribution in [0.1, 0.15) is 8.42 Å². The summed E-state index contributed by atoms with van der Waals surface area (Å²) in [5.74, 6) is 0. The van der Waals surface area contributed by atoms with E-state index in [0.29, 0.717) is 0 Å². The molecule has 0 spiro atoms. The van der Waals surface area contributed by atoms with E-state index in [1.54, 1.807) is 11.3 Å². The van der Waals surface area contributed by atoms with Crippen molar-refractivity contribution in [1.29, 1.82) is 0 Å². The van der Waals surface area contributed by atoms with Crippen LogP contribution in [0, 0.1) is 0 Å². The van der Waals surface area contributed by atoms with Gasteiger partial charge in [0.2, 0.25) is 0 Å². The molecule has 0 saturated carbocycles. The molecule has 2 heterocycles. The van der Waals surface area contributed by atoms with Crippen LogP contribution in [-0.2, 0) is 6.54 Å². The van der Waals surface area contributed by atoms with Crippen molar-refractivity contribution in [3.63, 3.8) is 0 Å². The Morgan fingerprint density at radius 3 is 3.50 bits per heavy atom. The first-order valence-corrected chi connectivity index (χ1v) is 4.36. The Morgan fingerprint density at radius 1 is 1.50 bits per heavy atom. The summed E-state index contributed by atoms with van der Waals surface area (Å²) in [6, 6.07) is 2.17. The highest BCUT2D eigenvalue weighted by Crippen LogP contribution is 2.23. The van der Waals surface area contributed by atoms with Crippen LogP contribution in [0.4, 0.5) is 5.00 Å². The normalized spacial score (nSPS) is 17.2. The summed E-state index contributed by atoms with van der Waals surface area (Å²) < 4.78 is 0. The van der Waals surface area contributed by atoms with Crippen LogP contribution < -0.4 is 10.6 Å². The molecule has 2 rings (SSSR count). The molecule has 3 heteroatoms. The Labute approximate surface area is 67.2 Å². The van der Waals surface area contributed by atoms with Gasteiger partial charge in [0, 0.05) is 28.1 Å². The standard InChI is InChI=1S/C7H10N2S.2H2/c1-4-10-7-6(1)5-8-2-3-9-7;;/h1,4,8-9H,2-3,5H2;2*1H. The van der Waals surface area contributed by atoms with Crippen LogP contribution in [0.25, 0.3) is 0 Å². The van der Waals surface area contributed by atoms with Crippen LogP contribution in [0.15, 0.2) is 11.4 Å².